The Labute approximate surface area is 143 Å². The third-order valence-electron chi connectivity index (χ3n) is 3.95. The van der Waals surface area contributed by atoms with Crippen molar-refractivity contribution < 1.29 is 18.7 Å². The van der Waals surface area contributed by atoms with Gasteiger partial charge in [-0.15, -0.1) is 0 Å². The van der Waals surface area contributed by atoms with Crippen LogP contribution in [-0.4, -0.2) is 24.5 Å². The van der Waals surface area contributed by atoms with E-state index >= 15 is 0 Å². The number of esters is 1. The number of para-hydroxylation sites is 1. The number of carbonyl (C=O) groups excluding carboxylic acids is 2. The van der Waals surface area contributed by atoms with Gasteiger partial charge in [-0.1, -0.05) is 29.8 Å². The number of amides is 1. The van der Waals surface area contributed by atoms with Crippen LogP contribution in [0.5, 0.6) is 0 Å². The monoisotopic (exact) mass is 347 g/mol. The lowest BCUT2D eigenvalue weighted by atomic mass is 10.1. The summed E-state index contributed by atoms with van der Waals surface area (Å²) in [6, 6.07) is 11.0. The van der Waals surface area contributed by atoms with Crippen LogP contribution in [0.4, 0.5) is 10.1 Å². The fourth-order valence-electron chi connectivity index (χ4n) is 2.88. The minimum atomic E-state index is -0.756. The Balaban J connectivity index is 1.69. The lowest BCUT2D eigenvalue weighted by Gasteiger charge is -2.22. The second-order valence-electron chi connectivity index (χ2n) is 5.65. The van der Waals surface area contributed by atoms with Gasteiger partial charge in [-0.3, -0.25) is 4.79 Å². The number of carbonyl (C=O) groups is 2. The van der Waals surface area contributed by atoms with Crippen LogP contribution in [0.2, 0.25) is 5.02 Å². The van der Waals surface area contributed by atoms with Crippen molar-refractivity contribution in [1.29, 1.82) is 0 Å². The first-order valence-corrected chi connectivity index (χ1v) is 7.87. The van der Waals surface area contributed by atoms with E-state index in [1.807, 2.05) is 31.2 Å². The molecule has 0 saturated heterocycles. The average molecular weight is 348 g/mol. The quantitative estimate of drug-likeness (QED) is 0.797. The Hall–Kier alpha value is -2.40. The largest absolute Gasteiger partial charge is 0.452 e. The number of rotatable bonds is 3. The molecule has 1 aliphatic heterocycles. The molecule has 2 aromatic carbocycles. The number of benzene rings is 2. The smallest absolute Gasteiger partial charge is 0.340 e. The summed E-state index contributed by atoms with van der Waals surface area (Å²) in [6.07, 6.45) is 0.764. The van der Waals surface area contributed by atoms with Crippen molar-refractivity contribution in [2.75, 3.05) is 11.5 Å². The highest BCUT2D eigenvalue weighted by molar-refractivity contribution is 6.33. The first-order chi connectivity index (χ1) is 11.5. The van der Waals surface area contributed by atoms with Gasteiger partial charge in [-0.2, -0.15) is 0 Å². The number of anilines is 1. The van der Waals surface area contributed by atoms with Crippen LogP contribution in [0.15, 0.2) is 42.5 Å². The summed E-state index contributed by atoms with van der Waals surface area (Å²) in [5.74, 6) is -1.61. The number of hydrogen-bond donors (Lipinski definition) is 0. The van der Waals surface area contributed by atoms with E-state index < -0.39 is 18.4 Å². The number of ether oxygens (including phenoxy) is 1. The van der Waals surface area contributed by atoms with Gasteiger partial charge in [-0.05, 0) is 43.2 Å². The maximum absolute atomic E-state index is 13.0. The van der Waals surface area contributed by atoms with Crippen LogP contribution in [0.1, 0.15) is 22.8 Å². The summed E-state index contributed by atoms with van der Waals surface area (Å²) in [5.41, 5.74) is 1.96. The van der Waals surface area contributed by atoms with Crippen LogP contribution in [-0.2, 0) is 16.0 Å². The van der Waals surface area contributed by atoms with E-state index in [1.54, 1.807) is 4.90 Å². The Morgan fingerprint density at radius 1 is 1.29 bits per heavy atom. The predicted octanol–water partition coefficient (Wildman–Crippen LogP) is 3.61. The van der Waals surface area contributed by atoms with Crippen LogP contribution >= 0.6 is 11.6 Å². The average Bonchev–Trinajstić information content (AvgIpc) is 2.88. The molecular weight excluding hydrogens is 333 g/mol. The molecule has 1 unspecified atom stereocenters. The zero-order valence-electron chi connectivity index (χ0n) is 13.0. The van der Waals surface area contributed by atoms with Crippen molar-refractivity contribution in [3.8, 4) is 0 Å². The fraction of sp³-hybridized carbons (Fsp3) is 0.222. The van der Waals surface area contributed by atoms with Gasteiger partial charge < -0.3 is 9.64 Å². The van der Waals surface area contributed by atoms with Gasteiger partial charge in [0, 0.05) is 11.7 Å². The molecule has 0 saturated carbocycles. The van der Waals surface area contributed by atoms with E-state index in [1.165, 1.54) is 6.07 Å². The fourth-order valence-corrected chi connectivity index (χ4v) is 3.12. The van der Waals surface area contributed by atoms with Crippen molar-refractivity contribution >= 4 is 29.2 Å². The van der Waals surface area contributed by atoms with E-state index in [0.717, 1.165) is 29.8 Å². The SMILES string of the molecule is CC1Cc2ccccc2N1C(=O)COC(=O)c1ccc(F)cc1Cl. The second-order valence-corrected chi connectivity index (χ2v) is 6.05. The molecule has 0 aromatic heterocycles. The summed E-state index contributed by atoms with van der Waals surface area (Å²) >= 11 is 5.82. The number of fused-ring (bicyclic) bond motifs is 1. The van der Waals surface area contributed by atoms with E-state index in [2.05, 4.69) is 0 Å². The molecule has 24 heavy (non-hydrogen) atoms. The van der Waals surface area contributed by atoms with Crippen molar-refractivity contribution in [1.82, 2.24) is 0 Å². The van der Waals surface area contributed by atoms with E-state index in [-0.39, 0.29) is 22.5 Å². The summed E-state index contributed by atoms with van der Waals surface area (Å²) in [4.78, 5) is 26.1. The van der Waals surface area contributed by atoms with Crippen LogP contribution in [0.3, 0.4) is 0 Å². The topological polar surface area (TPSA) is 46.6 Å². The molecule has 0 spiro atoms. The molecule has 0 fully saturated rings. The molecule has 1 heterocycles. The molecule has 124 valence electrons. The van der Waals surface area contributed by atoms with Gasteiger partial charge in [0.25, 0.3) is 5.91 Å². The Morgan fingerprint density at radius 3 is 2.79 bits per heavy atom. The summed E-state index contributed by atoms with van der Waals surface area (Å²) in [7, 11) is 0. The molecule has 0 radical (unpaired) electrons. The molecule has 6 heteroatoms. The molecule has 1 atom stereocenters. The third-order valence-corrected chi connectivity index (χ3v) is 4.27. The molecule has 0 N–H and O–H groups in total. The van der Waals surface area contributed by atoms with Crippen molar-refractivity contribution in [3.63, 3.8) is 0 Å². The lowest BCUT2D eigenvalue weighted by Crippen LogP contribution is -2.38. The van der Waals surface area contributed by atoms with Gasteiger partial charge in [0.15, 0.2) is 6.61 Å². The highest BCUT2D eigenvalue weighted by Gasteiger charge is 2.31. The molecule has 0 bridgehead atoms. The molecule has 1 aliphatic rings. The first kappa shape index (κ1) is 16.5. The maximum Gasteiger partial charge on any atom is 0.340 e. The summed E-state index contributed by atoms with van der Waals surface area (Å²) in [6.45, 7) is 1.54. The van der Waals surface area contributed by atoms with Gasteiger partial charge in [0.05, 0.1) is 10.6 Å². The second kappa shape index (κ2) is 6.61. The van der Waals surface area contributed by atoms with Crippen LogP contribution in [0.25, 0.3) is 0 Å². The van der Waals surface area contributed by atoms with E-state index in [4.69, 9.17) is 16.3 Å². The number of halogens is 2. The third kappa shape index (κ3) is 3.12. The zero-order valence-corrected chi connectivity index (χ0v) is 13.7. The van der Waals surface area contributed by atoms with Crippen molar-refractivity contribution in [3.05, 3.63) is 64.4 Å². The minimum absolute atomic E-state index is 0.00279. The Kier molecular flexibility index (Phi) is 4.53. The van der Waals surface area contributed by atoms with Crippen LogP contribution in [0, 0.1) is 5.82 Å². The highest BCUT2D eigenvalue weighted by Crippen LogP contribution is 2.31. The Morgan fingerprint density at radius 2 is 2.04 bits per heavy atom. The summed E-state index contributed by atoms with van der Waals surface area (Å²) < 4.78 is 18.1. The van der Waals surface area contributed by atoms with Gasteiger partial charge >= 0.3 is 5.97 Å². The minimum Gasteiger partial charge on any atom is -0.452 e. The molecular formula is C18H15ClFNO3. The highest BCUT2D eigenvalue weighted by atomic mass is 35.5. The van der Waals surface area contributed by atoms with Crippen LogP contribution < -0.4 is 4.90 Å². The molecule has 4 nitrogen and oxygen atoms in total. The van der Waals surface area contributed by atoms with Gasteiger partial charge in [0.1, 0.15) is 5.82 Å². The number of nitrogens with zero attached hydrogens (tertiary/aromatic N) is 1. The zero-order chi connectivity index (χ0) is 17.3. The summed E-state index contributed by atoms with van der Waals surface area (Å²) in [5, 5.41) is -0.0488. The van der Waals surface area contributed by atoms with Crippen molar-refractivity contribution in [2.45, 2.75) is 19.4 Å². The molecule has 0 aliphatic carbocycles. The maximum atomic E-state index is 13.0. The van der Waals surface area contributed by atoms with E-state index in [9.17, 15) is 14.0 Å². The molecule has 3 rings (SSSR count). The van der Waals surface area contributed by atoms with E-state index in [0.29, 0.717) is 0 Å². The standard InChI is InChI=1S/C18H15ClFNO3/c1-11-8-12-4-2-3-5-16(12)21(11)17(22)10-24-18(23)14-7-6-13(20)9-15(14)19/h2-7,9,11H,8,10H2,1H3. The van der Waals surface area contributed by atoms with Gasteiger partial charge in [-0.25, -0.2) is 9.18 Å². The predicted molar refractivity (Wildman–Crippen MR) is 88.8 cm³/mol. The normalized spacial score (nSPS) is 16.0. The van der Waals surface area contributed by atoms with Gasteiger partial charge in [0.2, 0.25) is 0 Å². The molecule has 2 aromatic rings. The Bertz CT molecular complexity index is 809. The first-order valence-electron chi connectivity index (χ1n) is 7.49. The number of hydrogen-bond acceptors (Lipinski definition) is 3. The lowest BCUT2D eigenvalue weighted by molar-refractivity contribution is -0.122. The van der Waals surface area contributed by atoms with Crippen molar-refractivity contribution in [2.24, 2.45) is 0 Å². The molecule has 1 amide bonds.